The van der Waals surface area contributed by atoms with Crippen molar-refractivity contribution in [2.24, 2.45) is 0 Å². The molecule has 4 heteroatoms. The molecule has 4 rings (SSSR count). The van der Waals surface area contributed by atoms with Gasteiger partial charge in [-0.15, -0.1) is 0 Å². The zero-order valence-corrected chi connectivity index (χ0v) is 17.3. The van der Waals surface area contributed by atoms with Gasteiger partial charge in [-0.25, -0.2) is 4.79 Å². The van der Waals surface area contributed by atoms with Crippen LogP contribution in [0.4, 0.5) is 0 Å². The molecule has 0 fully saturated rings. The minimum absolute atomic E-state index is 0.204. The van der Waals surface area contributed by atoms with Crippen molar-refractivity contribution in [2.45, 2.75) is 13.8 Å². The lowest BCUT2D eigenvalue weighted by atomic mass is 9.94. The Hall–Kier alpha value is -4.05. The molecule has 4 nitrogen and oxygen atoms in total. The van der Waals surface area contributed by atoms with E-state index in [1.807, 2.05) is 73.7 Å². The van der Waals surface area contributed by atoms with Crippen LogP contribution >= 0.6 is 0 Å². The Balaban J connectivity index is 1.82. The molecule has 0 aliphatic carbocycles. The van der Waals surface area contributed by atoms with Crippen molar-refractivity contribution >= 4 is 22.8 Å². The van der Waals surface area contributed by atoms with Crippen LogP contribution < -0.4 is 4.74 Å². The molecular formula is C27H22O4. The molecule has 0 heterocycles. The van der Waals surface area contributed by atoms with E-state index in [0.717, 1.165) is 33.0 Å². The molecule has 2 N–H and O–H groups in total. The first-order valence-electron chi connectivity index (χ1n) is 9.93. The Kier molecular flexibility index (Phi) is 5.46. The van der Waals surface area contributed by atoms with Crippen LogP contribution in [-0.2, 0) is 4.79 Å². The Labute approximate surface area is 180 Å². The molecule has 31 heavy (non-hydrogen) atoms. The normalized spacial score (nSPS) is 11.5. The van der Waals surface area contributed by atoms with Crippen molar-refractivity contribution in [1.29, 1.82) is 0 Å². The lowest BCUT2D eigenvalue weighted by Crippen LogP contribution is -1.95. The third-order valence-electron chi connectivity index (χ3n) is 5.16. The summed E-state index contributed by atoms with van der Waals surface area (Å²) in [6, 6.07) is 24.6. The second-order valence-electron chi connectivity index (χ2n) is 7.47. The molecular weight excluding hydrogens is 388 g/mol. The number of ether oxygens (including phenoxy) is 1. The van der Waals surface area contributed by atoms with Crippen LogP contribution in [0.2, 0.25) is 0 Å². The van der Waals surface area contributed by atoms with Crippen molar-refractivity contribution in [3.05, 3.63) is 95.6 Å². The lowest BCUT2D eigenvalue weighted by Gasteiger charge is -2.17. The maximum Gasteiger partial charge on any atom is 0.331 e. The Bertz CT molecular complexity index is 1290. The van der Waals surface area contributed by atoms with Gasteiger partial charge in [0, 0.05) is 16.5 Å². The molecule has 4 aromatic rings. The maximum atomic E-state index is 11.1. The van der Waals surface area contributed by atoms with Crippen molar-refractivity contribution in [1.82, 2.24) is 0 Å². The third-order valence-corrected chi connectivity index (χ3v) is 5.16. The van der Waals surface area contributed by atoms with Gasteiger partial charge >= 0.3 is 5.97 Å². The number of hydrogen-bond donors (Lipinski definition) is 2. The van der Waals surface area contributed by atoms with Crippen LogP contribution in [0.3, 0.4) is 0 Å². The van der Waals surface area contributed by atoms with Gasteiger partial charge in [-0.2, -0.15) is 0 Å². The van der Waals surface area contributed by atoms with E-state index in [0.29, 0.717) is 11.5 Å². The van der Waals surface area contributed by atoms with Crippen molar-refractivity contribution < 1.29 is 19.7 Å². The summed E-state index contributed by atoms with van der Waals surface area (Å²) in [5, 5.41) is 20.8. The van der Waals surface area contributed by atoms with Crippen LogP contribution in [-0.4, -0.2) is 16.2 Å². The minimum Gasteiger partial charge on any atom is -0.508 e. The molecule has 0 saturated heterocycles. The van der Waals surface area contributed by atoms with Crippen LogP contribution in [0.15, 0.2) is 84.4 Å². The van der Waals surface area contributed by atoms with Gasteiger partial charge in [-0.1, -0.05) is 48.5 Å². The van der Waals surface area contributed by atoms with E-state index >= 15 is 0 Å². The number of rotatable bonds is 5. The average molecular weight is 410 g/mol. The molecule has 0 amide bonds. The number of aryl methyl sites for hydroxylation is 1. The highest BCUT2D eigenvalue weighted by Gasteiger charge is 2.16. The molecule has 0 aromatic heterocycles. The average Bonchev–Trinajstić information content (AvgIpc) is 2.75. The highest BCUT2D eigenvalue weighted by atomic mass is 16.5. The van der Waals surface area contributed by atoms with Crippen LogP contribution in [0, 0.1) is 6.92 Å². The molecule has 0 unspecified atom stereocenters. The lowest BCUT2D eigenvalue weighted by molar-refractivity contribution is -0.132. The van der Waals surface area contributed by atoms with Crippen molar-refractivity contribution in [3.63, 3.8) is 0 Å². The zero-order chi connectivity index (χ0) is 22.0. The molecule has 4 aromatic carbocycles. The smallest absolute Gasteiger partial charge is 0.331 e. The van der Waals surface area contributed by atoms with Crippen LogP contribution in [0.1, 0.15) is 18.1 Å². The first-order valence-corrected chi connectivity index (χ1v) is 9.93. The predicted molar refractivity (Wildman–Crippen MR) is 124 cm³/mol. The van der Waals surface area contributed by atoms with E-state index < -0.39 is 5.97 Å². The molecule has 0 atom stereocenters. The third kappa shape index (κ3) is 4.28. The highest BCUT2D eigenvalue weighted by Crippen LogP contribution is 2.42. The van der Waals surface area contributed by atoms with E-state index in [9.17, 15) is 9.90 Å². The number of benzene rings is 4. The maximum absolute atomic E-state index is 11.1. The van der Waals surface area contributed by atoms with Gasteiger partial charge in [-0.05, 0) is 72.3 Å². The predicted octanol–water partition coefficient (Wildman–Crippen LogP) is 6.80. The largest absolute Gasteiger partial charge is 0.508 e. The van der Waals surface area contributed by atoms with Gasteiger partial charge < -0.3 is 14.9 Å². The summed E-state index contributed by atoms with van der Waals surface area (Å²) < 4.78 is 6.39. The summed E-state index contributed by atoms with van der Waals surface area (Å²) >= 11 is 0. The quantitative estimate of drug-likeness (QED) is 0.355. The van der Waals surface area contributed by atoms with Gasteiger partial charge in [0.25, 0.3) is 0 Å². The fourth-order valence-electron chi connectivity index (χ4n) is 3.63. The fourth-order valence-corrected chi connectivity index (χ4v) is 3.63. The van der Waals surface area contributed by atoms with Gasteiger partial charge in [0.15, 0.2) is 0 Å². The van der Waals surface area contributed by atoms with Crippen molar-refractivity contribution in [2.75, 3.05) is 0 Å². The number of hydrogen-bond acceptors (Lipinski definition) is 3. The monoisotopic (exact) mass is 410 g/mol. The zero-order valence-electron chi connectivity index (χ0n) is 17.3. The highest BCUT2D eigenvalue weighted by molar-refractivity contribution is 5.97. The number of aromatic hydroxyl groups is 1. The van der Waals surface area contributed by atoms with Gasteiger partial charge in [0.1, 0.15) is 17.2 Å². The Morgan fingerprint density at radius 2 is 1.65 bits per heavy atom. The first kappa shape index (κ1) is 20.2. The van der Waals surface area contributed by atoms with Crippen LogP contribution in [0.25, 0.3) is 28.0 Å². The van der Waals surface area contributed by atoms with E-state index in [-0.39, 0.29) is 11.3 Å². The summed E-state index contributed by atoms with van der Waals surface area (Å²) in [4.78, 5) is 11.1. The number of phenolic OH excluding ortho intramolecular Hbond substituents is 1. The van der Waals surface area contributed by atoms with E-state index in [4.69, 9.17) is 9.84 Å². The number of fused-ring (bicyclic) bond motifs is 1. The second kappa shape index (κ2) is 8.36. The number of carbonyl (C=O) groups is 1. The molecule has 0 bridgehead atoms. The summed E-state index contributed by atoms with van der Waals surface area (Å²) in [7, 11) is 0. The summed E-state index contributed by atoms with van der Waals surface area (Å²) in [6.07, 6.45) is 1.62. The van der Waals surface area contributed by atoms with E-state index in [1.54, 1.807) is 25.1 Å². The number of phenols is 1. The Morgan fingerprint density at radius 1 is 0.935 bits per heavy atom. The molecule has 0 spiro atoms. The molecule has 0 saturated carbocycles. The Morgan fingerprint density at radius 3 is 2.32 bits per heavy atom. The summed E-state index contributed by atoms with van der Waals surface area (Å²) in [5.41, 5.74) is 4.13. The molecule has 0 radical (unpaired) electrons. The van der Waals surface area contributed by atoms with Gasteiger partial charge in [-0.3, -0.25) is 0 Å². The first-order chi connectivity index (χ1) is 14.9. The molecule has 154 valence electrons. The van der Waals surface area contributed by atoms with Gasteiger partial charge in [0.05, 0.1) is 0 Å². The van der Waals surface area contributed by atoms with E-state index in [2.05, 4.69) is 0 Å². The number of carboxylic acids is 1. The minimum atomic E-state index is -0.942. The van der Waals surface area contributed by atoms with Crippen molar-refractivity contribution in [3.8, 4) is 28.4 Å². The summed E-state index contributed by atoms with van der Waals surface area (Å²) in [6.45, 7) is 3.59. The second-order valence-corrected chi connectivity index (χ2v) is 7.47. The standard InChI is InChI=1S/C27H22O4/c1-17-15-21-16-22(28)10-13-24(21)26(25(17)20-6-4-3-5-7-20)31-23-11-8-19(9-12-23)14-18(2)27(29)30/h3-16,28H,1-2H3,(H,29,30)/b18-14+. The summed E-state index contributed by atoms with van der Waals surface area (Å²) in [5.74, 6) is 0.617. The topological polar surface area (TPSA) is 66.8 Å². The van der Waals surface area contributed by atoms with E-state index in [1.165, 1.54) is 0 Å². The molecule has 0 aliphatic rings. The fraction of sp³-hybridized carbons (Fsp3) is 0.0741. The van der Waals surface area contributed by atoms with Gasteiger partial charge in [0.2, 0.25) is 0 Å². The molecule has 0 aliphatic heterocycles. The number of aliphatic carboxylic acids is 1. The van der Waals surface area contributed by atoms with Crippen LogP contribution in [0.5, 0.6) is 17.2 Å². The number of carboxylic acid groups (broad SMARTS) is 1. The SMILES string of the molecule is C/C(=C\c1ccc(Oc2c(-c3ccccc3)c(C)cc3cc(O)ccc23)cc1)C(=O)O.